The number of aliphatic imine (C=N–C) groups is 1. The molecule has 0 aromatic heterocycles. The highest BCUT2D eigenvalue weighted by molar-refractivity contribution is 6.02. The van der Waals surface area contributed by atoms with Crippen molar-refractivity contribution in [3.05, 3.63) is 29.3 Å². The molecule has 3 rings (SSSR count). The molecule has 1 aromatic rings. The van der Waals surface area contributed by atoms with E-state index >= 15 is 0 Å². The predicted molar refractivity (Wildman–Crippen MR) is 65.4 cm³/mol. The highest BCUT2D eigenvalue weighted by Crippen LogP contribution is 2.30. The lowest BCUT2D eigenvalue weighted by Crippen LogP contribution is -2.15. The number of nitrogens with zero attached hydrogens (tertiary/aromatic N) is 1. The van der Waals surface area contributed by atoms with Gasteiger partial charge in [0.05, 0.1) is 6.61 Å². The minimum absolute atomic E-state index is 0.747. The summed E-state index contributed by atoms with van der Waals surface area (Å²) in [4.78, 5) is 4.72. The first-order valence-corrected chi connectivity index (χ1v) is 6.13. The number of fused-ring (bicyclic) bond motifs is 1. The number of hydrogen-bond donors (Lipinski definition) is 0. The molecule has 0 unspecified atom stereocenters. The molecule has 0 saturated carbocycles. The van der Waals surface area contributed by atoms with E-state index in [4.69, 9.17) is 9.73 Å². The summed E-state index contributed by atoms with van der Waals surface area (Å²) in [5.74, 6) is 1.82. The van der Waals surface area contributed by atoms with Crippen LogP contribution in [0.1, 0.15) is 30.9 Å². The normalized spacial score (nSPS) is 23.6. The number of ether oxygens (including phenoxy) is 1. The van der Waals surface area contributed by atoms with Crippen LogP contribution in [0.2, 0.25) is 0 Å². The zero-order valence-electron chi connectivity index (χ0n) is 9.70. The Morgan fingerprint density at radius 3 is 3.06 bits per heavy atom. The highest BCUT2D eigenvalue weighted by atomic mass is 16.5. The summed E-state index contributed by atoms with van der Waals surface area (Å²) < 4.78 is 5.60. The molecule has 2 heterocycles. The van der Waals surface area contributed by atoms with Crippen LogP contribution in [-0.2, 0) is 6.42 Å². The summed E-state index contributed by atoms with van der Waals surface area (Å²) in [7, 11) is 0. The van der Waals surface area contributed by atoms with Gasteiger partial charge in [-0.2, -0.15) is 0 Å². The Morgan fingerprint density at radius 1 is 1.31 bits per heavy atom. The first-order valence-electron chi connectivity index (χ1n) is 6.13. The van der Waals surface area contributed by atoms with Gasteiger partial charge in [0, 0.05) is 29.8 Å². The van der Waals surface area contributed by atoms with Crippen molar-refractivity contribution in [3.63, 3.8) is 0 Å². The van der Waals surface area contributed by atoms with Crippen LogP contribution < -0.4 is 4.74 Å². The zero-order valence-corrected chi connectivity index (χ0v) is 9.70. The number of rotatable bonds is 1. The molecule has 0 fully saturated rings. The molecule has 0 aliphatic carbocycles. The van der Waals surface area contributed by atoms with E-state index in [0.717, 1.165) is 37.7 Å². The largest absolute Gasteiger partial charge is 0.493 e. The van der Waals surface area contributed by atoms with Crippen molar-refractivity contribution in [2.75, 3.05) is 13.2 Å². The van der Waals surface area contributed by atoms with Crippen molar-refractivity contribution in [1.29, 1.82) is 0 Å². The average molecular weight is 215 g/mol. The Balaban J connectivity index is 1.98. The van der Waals surface area contributed by atoms with E-state index in [2.05, 4.69) is 25.1 Å². The van der Waals surface area contributed by atoms with E-state index < -0.39 is 0 Å². The molecule has 2 heteroatoms. The van der Waals surface area contributed by atoms with Gasteiger partial charge in [-0.3, -0.25) is 4.99 Å². The molecule has 2 aliphatic heterocycles. The molecular weight excluding hydrogens is 198 g/mol. The van der Waals surface area contributed by atoms with Gasteiger partial charge in [-0.15, -0.1) is 0 Å². The molecule has 1 aromatic carbocycles. The minimum atomic E-state index is 0.747. The van der Waals surface area contributed by atoms with Gasteiger partial charge in [0.1, 0.15) is 5.75 Å². The fraction of sp³-hybridized carbons (Fsp3) is 0.500. The Bertz CT molecular complexity index is 436. The molecule has 0 saturated heterocycles. The Hall–Kier alpha value is -1.31. The van der Waals surface area contributed by atoms with E-state index in [1.807, 2.05) is 0 Å². The fourth-order valence-corrected chi connectivity index (χ4v) is 2.53. The van der Waals surface area contributed by atoms with Gasteiger partial charge < -0.3 is 4.74 Å². The van der Waals surface area contributed by atoms with E-state index in [1.165, 1.54) is 23.3 Å². The molecule has 0 radical (unpaired) electrons. The highest BCUT2D eigenvalue weighted by Gasteiger charge is 2.20. The van der Waals surface area contributed by atoms with Crippen LogP contribution in [-0.4, -0.2) is 18.9 Å². The van der Waals surface area contributed by atoms with Crippen molar-refractivity contribution in [1.82, 2.24) is 0 Å². The third-order valence-corrected chi connectivity index (χ3v) is 3.52. The average Bonchev–Trinajstić information content (AvgIpc) is 2.78. The lowest BCUT2D eigenvalue weighted by atomic mass is 9.92. The second kappa shape index (κ2) is 3.93. The molecule has 0 amide bonds. The topological polar surface area (TPSA) is 21.6 Å². The van der Waals surface area contributed by atoms with Crippen LogP contribution in [0.25, 0.3) is 0 Å². The molecule has 2 nitrogen and oxygen atoms in total. The first-order chi connectivity index (χ1) is 7.84. The first kappa shape index (κ1) is 9.88. The maximum Gasteiger partial charge on any atom is 0.123 e. The van der Waals surface area contributed by atoms with Crippen LogP contribution in [0.3, 0.4) is 0 Å². The summed E-state index contributed by atoms with van der Waals surface area (Å²) in [5.41, 5.74) is 4.00. The summed E-state index contributed by atoms with van der Waals surface area (Å²) in [5, 5.41) is 0. The summed E-state index contributed by atoms with van der Waals surface area (Å²) >= 11 is 0. The SMILES string of the molecule is C[C@H]1CCC(c2cccc3c2CCO3)=NC1. The molecule has 0 N–H and O–H groups in total. The maximum atomic E-state index is 5.60. The molecule has 16 heavy (non-hydrogen) atoms. The lowest BCUT2D eigenvalue weighted by Gasteiger charge is -2.18. The summed E-state index contributed by atoms with van der Waals surface area (Å²) in [6, 6.07) is 6.35. The Kier molecular flexibility index (Phi) is 2.43. The summed E-state index contributed by atoms with van der Waals surface area (Å²) in [6.45, 7) is 4.09. The standard InChI is InChI=1S/C14H17NO/c1-10-5-6-13(15-9-10)11-3-2-4-14-12(11)7-8-16-14/h2-4,10H,5-9H2,1H3/t10-/m0/s1. The van der Waals surface area contributed by atoms with E-state index in [1.54, 1.807) is 0 Å². The van der Waals surface area contributed by atoms with Gasteiger partial charge in [-0.1, -0.05) is 19.1 Å². The van der Waals surface area contributed by atoms with Gasteiger partial charge in [-0.25, -0.2) is 0 Å². The van der Waals surface area contributed by atoms with E-state index in [-0.39, 0.29) is 0 Å². The van der Waals surface area contributed by atoms with Crippen LogP contribution in [0.5, 0.6) is 5.75 Å². The molecule has 0 spiro atoms. The van der Waals surface area contributed by atoms with E-state index in [9.17, 15) is 0 Å². The van der Waals surface area contributed by atoms with Crippen LogP contribution in [0.15, 0.2) is 23.2 Å². The smallest absolute Gasteiger partial charge is 0.123 e. The van der Waals surface area contributed by atoms with Crippen LogP contribution in [0.4, 0.5) is 0 Å². The summed E-state index contributed by atoms with van der Waals surface area (Å²) in [6.07, 6.45) is 3.43. The molecule has 84 valence electrons. The lowest BCUT2D eigenvalue weighted by molar-refractivity contribution is 0.357. The van der Waals surface area contributed by atoms with Gasteiger partial charge in [0.25, 0.3) is 0 Å². The Morgan fingerprint density at radius 2 is 2.25 bits per heavy atom. The molecular formula is C14H17NO. The quantitative estimate of drug-likeness (QED) is 0.706. The van der Waals surface area contributed by atoms with E-state index in [0.29, 0.717) is 0 Å². The fourth-order valence-electron chi connectivity index (χ4n) is 2.53. The van der Waals surface area contributed by atoms with Crippen LogP contribution >= 0.6 is 0 Å². The van der Waals surface area contributed by atoms with Gasteiger partial charge in [-0.05, 0) is 24.8 Å². The third kappa shape index (κ3) is 1.62. The van der Waals surface area contributed by atoms with Gasteiger partial charge in [0.2, 0.25) is 0 Å². The number of hydrogen-bond acceptors (Lipinski definition) is 2. The second-order valence-electron chi connectivity index (χ2n) is 4.81. The van der Waals surface area contributed by atoms with Crippen molar-refractivity contribution in [3.8, 4) is 5.75 Å². The second-order valence-corrected chi connectivity index (χ2v) is 4.81. The van der Waals surface area contributed by atoms with Crippen molar-refractivity contribution >= 4 is 5.71 Å². The zero-order chi connectivity index (χ0) is 11.0. The van der Waals surface area contributed by atoms with Crippen molar-refractivity contribution < 1.29 is 4.74 Å². The predicted octanol–water partition coefficient (Wildman–Crippen LogP) is 2.84. The van der Waals surface area contributed by atoms with Crippen LogP contribution in [0, 0.1) is 5.92 Å². The minimum Gasteiger partial charge on any atom is -0.493 e. The monoisotopic (exact) mass is 215 g/mol. The number of benzene rings is 1. The molecule has 1 atom stereocenters. The Labute approximate surface area is 96.3 Å². The third-order valence-electron chi connectivity index (χ3n) is 3.52. The van der Waals surface area contributed by atoms with Gasteiger partial charge in [0.15, 0.2) is 0 Å². The maximum absolute atomic E-state index is 5.60. The van der Waals surface area contributed by atoms with Crippen molar-refractivity contribution in [2.45, 2.75) is 26.2 Å². The molecule has 2 aliphatic rings. The molecule has 0 bridgehead atoms. The van der Waals surface area contributed by atoms with Crippen molar-refractivity contribution in [2.24, 2.45) is 10.9 Å². The van der Waals surface area contributed by atoms with Gasteiger partial charge >= 0.3 is 0 Å².